The molecule has 0 radical (unpaired) electrons. The number of carbonyl (C=O) groups excluding carboxylic acids is 2. The van der Waals surface area contributed by atoms with Gasteiger partial charge in [-0.3, -0.25) is 4.79 Å². The fourth-order valence-electron chi connectivity index (χ4n) is 1.40. The second kappa shape index (κ2) is 5.70. The predicted molar refractivity (Wildman–Crippen MR) is 57.4 cm³/mol. The van der Waals surface area contributed by atoms with E-state index >= 15 is 0 Å². The van der Waals surface area contributed by atoms with E-state index in [1.165, 1.54) is 7.11 Å². The van der Waals surface area contributed by atoms with Crippen LogP contribution < -0.4 is 5.32 Å². The van der Waals surface area contributed by atoms with E-state index in [9.17, 15) is 9.59 Å². The number of esters is 1. The number of methoxy groups -OCH3 is 1. The zero-order valence-corrected chi connectivity index (χ0v) is 10.1. The lowest BCUT2D eigenvalue weighted by Gasteiger charge is -2.28. The Morgan fingerprint density at radius 2 is 1.87 bits per heavy atom. The van der Waals surface area contributed by atoms with Crippen molar-refractivity contribution in [3.05, 3.63) is 0 Å². The van der Waals surface area contributed by atoms with Crippen LogP contribution in [0.15, 0.2) is 0 Å². The van der Waals surface area contributed by atoms with Crippen LogP contribution in [0.1, 0.15) is 13.8 Å². The van der Waals surface area contributed by atoms with E-state index in [0.29, 0.717) is 6.54 Å². The summed E-state index contributed by atoms with van der Waals surface area (Å²) in [4.78, 5) is 23.9. The van der Waals surface area contributed by atoms with Crippen molar-refractivity contribution in [3.63, 3.8) is 0 Å². The quantitative estimate of drug-likeness (QED) is 0.525. The maximum atomic E-state index is 11.1. The molecule has 0 rings (SSSR count). The van der Waals surface area contributed by atoms with Gasteiger partial charge in [0.15, 0.2) is 0 Å². The summed E-state index contributed by atoms with van der Waals surface area (Å²) in [6.45, 7) is 5.31. The van der Waals surface area contributed by atoms with E-state index in [0.717, 1.165) is 6.54 Å². The summed E-state index contributed by atoms with van der Waals surface area (Å²) < 4.78 is 4.30. The molecule has 5 heteroatoms. The van der Waals surface area contributed by atoms with Crippen LogP contribution in [0, 0.1) is 5.41 Å². The Bertz CT molecular complexity index is 237. The van der Waals surface area contributed by atoms with E-state index in [2.05, 4.69) is 10.1 Å². The first kappa shape index (κ1) is 13.9. The normalized spacial score (nSPS) is 11.3. The maximum Gasteiger partial charge on any atom is 0.396 e. The summed E-state index contributed by atoms with van der Waals surface area (Å²) in [6, 6.07) is 0. The Morgan fingerprint density at radius 1 is 1.33 bits per heavy atom. The van der Waals surface area contributed by atoms with E-state index in [1.807, 2.05) is 32.8 Å². The largest absolute Gasteiger partial charge is 0.462 e. The van der Waals surface area contributed by atoms with Gasteiger partial charge in [0.05, 0.1) is 7.11 Å². The van der Waals surface area contributed by atoms with Gasteiger partial charge in [-0.05, 0) is 19.5 Å². The Labute approximate surface area is 90.8 Å². The third-order valence-electron chi connectivity index (χ3n) is 1.84. The molecule has 0 aliphatic rings. The van der Waals surface area contributed by atoms with Crippen molar-refractivity contribution in [3.8, 4) is 0 Å². The molecular formula is C10H20N2O3. The lowest BCUT2D eigenvalue weighted by molar-refractivity contribution is -0.152. The molecule has 0 aromatic carbocycles. The molecule has 5 nitrogen and oxygen atoms in total. The first-order valence-electron chi connectivity index (χ1n) is 4.79. The van der Waals surface area contributed by atoms with Gasteiger partial charge >= 0.3 is 11.9 Å². The molecular weight excluding hydrogens is 196 g/mol. The van der Waals surface area contributed by atoms with Crippen LogP contribution in [0.2, 0.25) is 0 Å². The minimum absolute atomic E-state index is 0.0762. The molecule has 0 aromatic heterocycles. The molecule has 88 valence electrons. The molecule has 0 atom stereocenters. The number of carbonyl (C=O) groups is 2. The summed E-state index contributed by atoms with van der Waals surface area (Å²) in [5, 5.41) is 2.54. The zero-order chi connectivity index (χ0) is 12.1. The second-order valence-corrected chi connectivity index (χ2v) is 4.58. The zero-order valence-electron chi connectivity index (χ0n) is 10.1. The molecule has 0 unspecified atom stereocenters. The number of amides is 1. The monoisotopic (exact) mass is 216 g/mol. The van der Waals surface area contributed by atoms with Crippen LogP contribution in [0.5, 0.6) is 0 Å². The van der Waals surface area contributed by atoms with E-state index in [4.69, 9.17) is 0 Å². The number of nitrogens with zero attached hydrogens (tertiary/aromatic N) is 1. The Balaban J connectivity index is 4.03. The predicted octanol–water partition coefficient (Wildman–Crippen LogP) is -0.137. The molecule has 0 fully saturated rings. The highest BCUT2D eigenvalue weighted by Gasteiger charge is 2.22. The summed E-state index contributed by atoms with van der Waals surface area (Å²) in [5.41, 5.74) is -0.0762. The number of hydrogen-bond donors (Lipinski definition) is 1. The summed E-state index contributed by atoms with van der Waals surface area (Å²) in [5.74, 6) is -1.54. The Hall–Kier alpha value is -1.10. The van der Waals surface area contributed by atoms with Crippen molar-refractivity contribution in [1.29, 1.82) is 0 Å². The first-order valence-corrected chi connectivity index (χ1v) is 4.79. The summed E-state index contributed by atoms with van der Waals surface area (Å²) in [6.07, 6.45) is 0. The topological polar surface area (TPSA) is 58.6 Å². The molecule has 1 amide bonds. The molecule has 0 aromatic rings. The highest BCUT2D eigenvalue weighted by Crippen LogP contribution is 2.13. The molecule has 0 spiro atoms. The van der Waals surface area contributed by atoms with Crippen LogP contribution in [0.25, 0.3) is 0 Å². The summed E-state index contributed by atoms with van der Waals surface area (Å²) >= 11 is 0. The molecule has 0 aliphatic heterocycles. The van der Waals surface area contributed by atoms with E-state index in [1.54, 1.807) is 0 Å². The van der Waals surface area contributed by atoms with Gasteiger partial charge in [0.2, 0.25) is 0 Å². The standard InChI is InChI=1S/C10H20N2O3/c1-10(2,7-12(3)4)6-11-8(13)9(14)15-5/h6-7H2,1-5H3,(H,11,13). The number of nitrogens with one attached hydrogen (secondary N) is 1. The van der Waals surface area contributed by atoms with E-state index in [-0.39, 0.29) is 5.41 Å². The Kier molecular flexibility index (Phi) is 5.28. The van der Waals surface area contributed by atoms with Crippen LogP contribution >= 0.6 is 0 Å². The molecule has 0 aliphatic carbocycles. The molecule has 0 saturated heterocycles. The summed E-state index contributed by atoms with van der Waals surface area (Å²) in [7, 11) is 5.11. The van der Waals surface area contributed by atoms with Gasteiger partial charge < -0.3 is 15.0 Å². The minimum Gasteiger partial charge on any atom is -0.462 e. The number of ether oxygens (including phenoxy) is 1. The lowest BCUT2D eigenvalue weighted by Crippen LogP contribution is -2.42. The van der Waals surface area contributed by atoms with E-state index < -0.39 is 11.9 Å². The van der Waals surface area contributed by atoms with Gasteiger partial charge in [-0.1, -0.05) is 13.8 Å². The highest BCUT2D eigenvalue weighted by molar-refractivity contribution is 6.32. The van der Waals surface area contributed by atoms with Crippen molar-refractivity contribution in [2.75, 3.05) is 34.3 Å². The van der Waals surface area contributed by atoms with Gasteiger partial charge in [0.25, 0.3) is 0 Å². The van der Waals surface area contributed by atoms with Gasteiger partial charge in [-0.25, -0.2) is 4.79 Å². The van der Waals surface area contributed by atoms with Crippen LogP contribution in [0.3, 0.4) is 0 Å². The SMILES string of the molecule is COC(=O)C(=O)NCC(C)(C)CN(C)C. The molecule has 15 heavy (non-hydrogen) atoms. The molecule has 0 heterocycles. The van der Waals surface area contributed by atoms with Crippen molar-refractivity contribution in [1.82, 2.24) is 10.2 Å². The van der Waals surface area contributed by atoms with Gasteiger partial charge in [0, 0.05) is 13.1 Å². The molecule has 0 saturated carbocycles. The lowest BCUT2D eigenvalue weighted by atomic mass is 9.93. The van der Waals surface area contributed by atoms with Crippen molar-refractivity contribution >= 4 is 11.9 Å². The van der Waals surface area contributed by atoms with Gasteiger partial charge in [-0.2, -0.15) is 0 Å². The van der Waals surface area contributed by atoms with Gasteiger partial charge in [0.1, 0.15) is 0 Å². The first-order chi connectivity index (χ1) is 6.78. The third-order valence-corrected chi connectivity index (χ3v) is 1.84. The molecule has 1 N–H and O–H groups in total. The van der Waals surface area contributed by atoms with Crippen molar-refractivity contribution < 1.29 is 14.3 Å². The average molecular weight is 216 g/mol. The van der Waals surface area contributed by atoms with Crippen LogP contribution in [-0.4, -0.2) is 51.1 Å². The van der Waals surface area contributed by atoms with Crippen molar-refractivity contribution in [2.24, 2.45) is 5.41 Å². The average Bonchev–Trinajstić information content (AvgIpc) is 2.11. The van der Waals surface area contributed by atoms with Crippen LogP contribution in [0.4, 0.5) is 0 Å². The number of rotatable bonds is 4. The van der Waals surface area contributed by atoms with Crippen LogP contribution in [-0.2, 0) is 14.3 Å². The fraction of sp³-hybridized carbons (Fsp3) is 0.800. The number of hydrogen-bond acceptors (Lipinski definition) is 4. The van der Waals surface area contributed by atoms with Crippen molar-refractivity contribution in [2.45, 2.75) is 13.8 Å². The molecule has 0 bridgehead atoms. The smallest absolute Gasteiger partial charge is 0.396 e. The second-order valence-electron chi connectivity index (χ2n) is 4.58. The third kappa shape index (κ3) is 6.06. The maximum absolute atomic E-state index is 11.1. The fourth-order valence-corrected chi connectivity index (χ4v) is 1.40. The minimum atomic E-state index is -0.851. The van der Waals surface area contributed by atoms with Gasteiger partial charge in [-0.15, -0.1) is 0 Å². The Morgan fingerprint density at radius 3 is 2.27 bits per heavy atom. The highest BCUT2D eigenvalue weighted by atomic mass is 16.5.